The van der Waals surface area contributed by atoms with Crippen LogP contribution < -0.4 is 4.72 Å². The molecule has 0 spiro atoms. The lowest BCUT2D eigenvalue weighted by molar-refractivity contribution is -0.125. The summed E-state index contributed by atoms with van der Waals surface area (Å²) in [4.78, 5) is 16.1. The first kappa shape index (κ1) is 14.3. The second kappa shape index (κ2) is 5.60. The molecular formula is C15H18N2O3S. The zero-order valence-corrected chi connectivity index (χ0v) is 12.4. The molecule has 0 radical (unpaired) electrons. The van der Waals surface area contributed by atoms with Crippen molar-refractivity contribution in [1.29, 1.82) is 0 Å². The van der Waals surface area contributed by atoms with Gasteiger partial charge in [0.25, 0.3) is 0 Å². The van der Waals surface area contributed by atoms with Crippen molar-refractivity contribution in [3.63, 3.8) is 0 Å². The molecule has 1 saturated carbocycles. The van der Waals surface area contributed by atoms with Crippen LogP contribution in [0.3, 0.4) is 0 Å². The van der Waals surface area contributed by atoms with Crippen LogP contribution in [-0.2, 0) is 20.6 Å². The van der Waals surface area contributed by atoms with Crippen LogP contribution in [0.1, 0.15) is 24.8 Å². The summed E-state index contributed by atoms with van der Waals surface area (Å²) in [5.74, 6) is -0.186. The molecule has 6 heteroatoms. The number of sulfonamides is 1. The summed E-state index contributed by atoms with van der Waals surface area (Å²) in [5, 5.41) is 0. The lowest BCUT2D eigenvalue weighted by Crippen LogP contribution is -2.42. The third kappa shape index (κ3) is 3.32. The van der Waals surface area contributed by atoms with Crippen LogP contribution in [0.15, 0.2) is 36.7 Å². The van der Waals surface area contributed by atoms with E-state index in [1.807, 2.05) is 0 Å². The van der Waals surface area contributed by atoms with Crippen LogP contribution in [0, 0.1) is 17.8 Å². The van der Waals surface area contributed by atoms with Crippen molar-refractivity contribution < 1.29 is 13.2 Å². The molecule has 3 aliphatic carbocycles. The average Bonchev–Trinajstić information content (AvgIpc) is 2.48. The van der Waals surface area contributed by atoms with E-state index in [9.17, 15) is 13.2 Å². The van der Waals surface area contributed by atoms with Crippen molar-refractivity contribution in [2.75, 3.05) is 0 Å². The van der Waals surface area contributed by atoms with Crippen molar-refractivity contribution in [2.24, 2.45) is 17.8 Å². The Morgan fingerprint density at radius 1 is 1.33 bits per heavy atom. The zero-order valence-electron chi connectivity index (χ0n) is 11.6. The van der Waals surface area contributed by atoms with Crippen LogP contribution in [-0.4, -0.2) is 19.3 Å². The van der Waals surface area contributed by atoms with E-state index in [0.29, 0.717) is 11.5 Å². The molecule has 0 aliphatic heterocycles. The Kier molecular flexibility index (Phi) is 3.80. The monoisotopic (exact) mass is 306 g/mol. The number of hydrogen-bond donors (Lipinski definition) is 1. The summed E-state index contributed by atoms with van der Waals surface area (Å²) >= 11 is 0. The van der Waals surface area contributed by atoms with Crippen molar-refractivity contribution >= 4 is 15.9 Å². The highest BCUT2D eigenvalue weighted by atomic mass is 32.2. The fourth-order valence-corrected chi connectivity index (χ4v) is 4.34. The van der Waals surface area contributed by atoms with Crippen LogP contribution in [0.25, 0.3) is 0 Å². The molecule has 2 bridgehead atoms. The topological polar surface area (TPSA) is 76.1 Å². The van der Waals surface area contributed by atoms with Gasteiger partial charge in [-0.05, 0) is 42.7 Å². The molecule has 0 saturated heterocycles. The Hall–Kier alpha value is -1.69. The first-order valence-corrected chi connectivity index (χ1v) is 8.80. The Bertz CT molecular complexity index is 655. The quantitative estimate of drug-likeness (QED) is 0.858. The molecule has 0 unspecified atom stereocenters. The third-order valence-electron chi connectivity index (χ3n) is 4.25. The minimum Gasteiger partial charge on any atom is -0.274 e. The van der Waals surface area contributed by atoms with Crippen molar-refractivity contribution in [3.8, 4) is 0 Å². The molecule has 1 aromatic heterocycles. The number of allylic oxidation sites excluding steroid dienone is 2. The van der Waals surface area contributed by atoms with Gasteiger partial charge in [0, 0.05) is 18.3 Å². The second-order valence-electron chi connectivity index (χ2n) is 5.82. The maximum absolute atomic E-state index is 12.3. The number of fused-ring (bicyclic) bond motifs is 2. The van der Waals surface area contributed by atoms with Gasteiger partial charge in [0.1, 0.15) is 0 Å². The number of aromatic nitrogens is 1. The minimum absolute atomic E-state index is 0.184. The number of carbonyl (C=O) groups is 1. The number of amides is 1. The normalized spacial score (nSPS) is 27.5. The molecule has 3 aliphatic rings. The maximum Gasteiger partial charge on any atom is 0.239 e. The van der Waals surface area contributed by atoms with E-state index in [4.69, 9.17) is 0 Å². The SMILES string of the molecule is O=C(NS(=O)(=O)Cc1cccnc1)[C@@H]1C[C@@H]2C=C[C@H]1CC2. The Labute approximate surface area is 124 Å². The highest BCUT2D eigenvalue weighted by Gasteiger charge is 2.37. The number of hydrogen-bond acceptors (Lipinski definition) is 4. The smallest absolute Gasteiger partial charge is 0.239 e. The summed E-state index contributed by atoms with van der Waals surface area (Å²) in [6, 6.07) is 3.36. The molecule has 1 heterocycles. The first-order chi connectivity index (χ1) is 10.0. The Morgan fingerprint density at radius 3 is 2.76 bits per heavy atom. The molecule has 1 aromatic rings. The largest absolute Gasteiger partial charge is 0.274 e. The molecule has 1 amide bonds. The predicted molar refractivity (Wildman–Crippen MR) is 78.5 cm³/mol. The summed E-state index contributed by atoms with van der Waals surface area (Å²) in [5.41, 5.74) is 0.572. The van der Waals surface area contributed by atoms with Crippen LogP contribution in [0.2, 0.25) is 0 Å². The lowest BCUT2D eigenvalue weighted by atomic mass is 9.69. The fourth-order valence-electron chi connectivity index (χ4n) is 3.20. The number of nitrogens with one attached hydrogen (secondary N) is 1. The Balaban J connectivity index is 1.65. The van der Waals surface area contributed by atoms with E-state index in [1.54, 1.807) is 18.3 Å². The van der Waals surface area contributed by atoms with Crippen molar-refractivity contribution in [2.45, 2.75) is 25.0 Å². The minimum atomic E-state index is -3.66. The van der Waals surface area contributed by atoms with E-state index >= 15 is 0 Å². The highest BCUT2D eigenvalue weighted by Crippen LogP contribution is 2.40. The summed E-state index contributed by atoms with van der Waals surface area (Å²) in [6.07, 6.45) is 10.1. The number of rotatable bonds is 4. The van der Waals surface area contributed by atoms with Gasteiger partial charge in [-0.2, -0.15) is 0 Å². The summed E-state index contributed by atoms with van der Waals surface area (Å²) in [6.45, 7) is 0. The molecular weight excluding hydrogens is 288 g/mol. The van der Waals surface area contributed by atoms with Gasteiger partial charge >= 0.3 is 0 Å². The van der Waals surface area contributed by atoms with Gasteiger partial charge in [-0.25, -0.2) is 8.42 Å². The van der Waals surface area contributed by atoms with E-state index in [1.165, 1.54) is 6.20 Å². The molecule has 21 heavy (non-hydrogen) atoms. The molecule has 1 fully saturated rings. The summed E-state index contributed by atoms with van der Waals surface area (Å²) in [7, 11) is -3.66. The fraction of sp³-hybridized carbons (Fsp3) is 0.467. The average molecular weight is 306 g/mol. The van der Waals surface area contributed by atoms with E-state index in [2.05, 4.69) is 21.9 Å². The van der Waals surface area contributed by atoms with Gasteiger partial charge in [0.15, 0.2) is 0 Å². The maximum atomic E-state index is 12.3. The third-order valence-corrected chi connectivity index (χ3v) is 5.47. The highest BCUT2D eigenvalue weighted by molar-refractivity contribution is 7.89. The Morgan fingerprint density at radius 2 is 2.19 bits per heavy atom. The van der Waals surface area contributed by atoms with Crippen molar-refractivity contribution in [1.82, 2.24) is 9.71 Å². The predicted octanol–water partition coefficient (Wildman–Crippen LogP) is 1.63. The lowest BCUT2D eigenvalue weighted by Gasteiger charge is -2.36. The van der Waals surface area contributed by atoms with Crippen LogP contribution in [0.5, 0.6) is 0 Å². The van der Waals surface area contributed by atoms with Gasteiger partial charge in [0.05, 0.1) is 5.75 Å². The van der Waals surface area contributed by atoms with E-state index in [0.717, 1.165) is 19.3 Å². The molecule has 4 rings (SSSR count). The van der Waals surface area contributed by atoms with Gasteiger partial charge in [-0.1, -0.05) is 18.2 Å². The number of carbonyl (C=O) groups excluding carboxylic acids is 1. The van der Waals surface area contributed by atoms with Crippen LogP contribution in [0.4, 0.5) is 0 Å². The molecule has 5 nitrogen and oxygen atoms in total. The van der Waals surface area contributed by atoms with Gasteiger partial charge < -0.3 is 0 Å². The van der Waals surface area contributed by atoms with Gasteiger partial charge in [-0.15, -0.1) is 0 Å². The molecule has 3 atom stereocenters. The zero-order chi connectivity index (χ0) is 14.9. The number of nitrogens with zero attached hydrogens (tertiary/aromatic N) is 1. The molecule has 0 aromatic carbocycles. The van der Waals surface area contributed by atoms with Crippen molar-refractivity contribution in [3.05, 3.63) is 42.2 Å². The van der Waals surface area contributed by atoms with Gasteiger partial charge in [0.2, 0.25) is 15.9 Å². The standard InChI is InChI=1S/C15H18N2O3S/c18-15(14-8-11-3-5-13(14)6-4-11)17-21(19,20)10-12-2-1-7-16-9-12/h1-3,5,7,9,11,13-14H,4,6,8,10H2,(H,17,18)/t11-,13+,14-/m1/s1. The van der Waals surface area contributed by atoms with E-state index in [-0.39, 0.29) is 23.5 Å². The van der Waals surface area contributed by atoms with E-state index < -0.39 is 10.0 Å². The van der Waals surface area contributed by atoms with Gasteiger partial charge in [-0.3, -0.25) is 14.5 Å². The van der Waals surface area contributed by atoms with Crippen LogP contribution >= 0.6 is 0 Å². The molecule has 1 N–H and O–H groups in total. The summed E-state index contributed by atoms with van der Waals surface area (Å²) < 4.78 is 26.4. The first-order valence-electron chi connectivity index (χ1n) is 7.15. The second-order valence-corrected chi connectivity index (χ2v) is 7.54. The molecule has 112 valence electrons. The number of pyridine rings is 1.